The van der Waals surface area contributed by atoms with E-state index in [1.807, 2.05) is 44.2 Å². The van der Waals surface area contributed by atoms with Gasteiger partial charge in [-0.3, -0.25) is 0 Å². The Morgan fingerprint density at radius 1 is 0.539 bits per heavy atom. The number of ether oxygens (including phenoxy) is 7. The zero-order valence-corrected chi connectivity index (χ0v) is 48.9. The van der Waals surface area contributed by atoms with Gasteiger partial charge in [0.25, 0.3) is 11.8 Å². The molecule has 22 nitrogen and oxygen atoms in total. The lowest BCUT2D eigenvalue weighted by molar-refractivity contribution is -0.135. The third-order valence-electron chi connectivity index (χ3n) is 15.3. The first-order valence-corrected chi connectivity index (χ1v) is 28.8. The summed E-state index contributed by atoms with van der Waals surface area (Å²) in [7, 11) is 3.31. The van der Waals surface area contributed by atoms with Crippen molar-refractivity contribution in [3.63, 3.8) is 0 Å². The van der Waals surface area contributed by atoms with Crippen molar-refractivity contribution in [1.82, 2.24) is 58.9 Å². The molecule has 10 heterocycles. The average molecular weight is 1230 g/mol. The minimum atomic E-state index is -3.10. The molecule has 0 bridgehead atoms. The number of alkyl halides is 4. The number of pyridine rings is 2. The van der Waals surface area contributed by atoms with Gasteiger partial charge in [-0.1, -0.05) is 0 Å². The van der Waals surface area contributed by atoms with E-state index in [0.29, 0.717) is 107 Å². The summed E-state index contributed by atoms with van der Waals surface area (Å²) in [5.74, 6) is -2.85. The molecule has 6 aromatic heterocycles. The van der Waals surface area contributed by atoms with Gasteiger partial charge in [-0.05, 0) is 94.0 Å². The lowest BCUT2D eigenvalue weighted by Crippen LogP contribution is -2.52. The first-order chi connectivity index (χ1) is 42.9. The van der Waals surface area contributed by atoms with Crippen molar-refractivity contribution in [2.45, 2.75) is 75.8 Å². The second-order valence-electron chi connectivity index (χ2n) is 22.2. The van der Waals surface area contributed by atoms with Gasteiger partial charge >= 0.3 is 0 Å². The predicted molar refractivity (Wildman–Crippen MR) is 318 cm³/mol. The van der Waals surface area contributed by atoms with Gasteiger partial charge in [0.05, 0.1) is 60.8 Å². The van der Waals surface area contributed by atoms with E-state index in [2.05, 4.69) is 50.7 Å². The Morgan fingerprint density at radius 3 is 1.53 bits per heavy atom. The number of piperidine rings is 2. The number of anilines is 4. The maximum absolute atomic E-state index is 15.1. The van der Waals surface area contributed by atoms with Crippen LogP contribution >= 0.6 is 0 Å². The number of nitrogens with one attached hydrogen (secondary N) is 2. The molecular formula is C62H63F5N14O8. The summed E-state index contributed by atoms with van der Waals surface area (Å²) in [4.78, 5) is 28.9. The van der Waals surface area contributed by atoms with Crippen LogP contribution in [0.5, 0.6) is 40.2 Å². The van der Waals surface area contributed by atoms with Crippen LogP contribution in [0.15, 0.2) is 123 Å². The number of aliphatic hydroxyl groups is 1. The van der Waals surface area contributed by atoms with Gasteiger partial charge in [0, 0.05) is 99.1 Å². The molecule has 0 radical (unpaired) electrons. The molecule has 4 fully saturated rings. The van der Waals surface area contributed by atoms with E-state index in [4.69, 9.17) is 38.3 Å². The third kappa shape index (κ3) is 14.2. The molecule has 4 unspecified atom stereocenters. The molecule has 0 spiro atoms. The number of aryl methyl sites for hydroxylation is 2. The number of likely N-dealkylation sites (tertiary alicyclic amines) is 2. The molecule has 27 heteroatoms. The Labute approximate surface area is 506 Å². The maximum Gasteiger partial charge on any atom is 0.296 e. The molecule has 0 aliphatic carbocycles. The van der Waals surface area contributed by atoms with Crippen LogP contribution in [-0.2, 0) is 9.47 Å². The highest BCUT2D eigenvalue weighted by atomic mass is 19.3. The molecule has 4 saturated heterocycles. The number of benzene rings is 4. The highest BCUT2D eigenvalue weighted by Gasteiger charge is 2.47. The predicted octanol–water partition coefficient (Wildman–Crippen LogP) is 10.5. The van der Waals surface area contributed by atoms with Crippen LogP contribution < -0.4 is 34.3 Å². The smallest absolute Gasteiger partial charge is 0.296 e. The van der Waals surface area contributed by atoms with Crippen LogP contribution in [0, 0.1) is 19.7 Å². The average Bonchev–Trinajstić information content (AvgIpc) is 2.92. The lowest BCUT2D eigenvalue weighted by atomic mass is 10.0. The van der Waals surface area contributed by atoms with E-state index in [0.717, 1.165) is 42.3 Å². The molecule has 4 atom stereocenters. The van der Waals surface area contributed by atoms with Gasteiger partial charge in [0.15, 0.2) is 23.5 Å². The van der Waals surface area contributed by atoms with Crippen molar-refractivity contribution >= 4 is 56.1 Å². The number of fused-ring (bicyclic) bond motifs is 4. The molecule has 0 saturated carbocycles. The van der Waals surface area contributed by atoms with Gasteiger partial charge in [-0.2, -0.15) is 10.2 Å². The summed E-state index contributed by atoms with van der Waals surface area (Å²) in [6.07, 6.45) is 8.00. The standard InChI is InChI=1S/C31H31F2N7O4.C27H24F3N7O2.C4H8O2/c1-19-11-20(3-4-25(19)43-21-5-9-40-28(14-21)35-18-37-40)38-30-29-24(34-17-36-30)12-23(42-22-7-10-41-15-22)13-26(29)44-27-6-8-39(2)16-31(27,32)33;1-16-9-18(3-4-21(16)38-19-5-8-37-24(12-19)32-15-34-37)35-26-25-20(31-14-33-26)10-17(28)11-22(25)39-23-6-7-36(2)13-27(23,29)30;5-4-1-2-6-3-4/h3-5,9,11-14,17-18,22,27H,6-8,10,15-16H2,1-2H3,(H,34,36,38);3-5,8-12,14-15,23H,6-7,13H2,1-2H3,(H,31,33,35);4-5H,1-3H2. The highest BCUT2D eigenvalue weighted by molar-refractivity contribution is 5.97. The molecule has 4 aromatic carbocycles. The van der Waals surface area contributed by atoms with Crippen LogP contribution in [0.3, 0.4) is 0 Å². The van der Waals surface area contributed by atoms with Crippen LogP contribution in [-0.4, -0.2) is 167 Å². The fourth-order valence-corrected chi connectivity index (χ4v) is 10.7. The number of hydrogen-bond acceptors (Lipinski definition) is 20. The second-order valence-corrected chi connectivity index (χ2v) is 22.2. The summed E-state index contributed by atoms with van der Waals surface area (Å²) in [6.45, 7) is 6.29. The van der Waals surface area contributed by atoms with Gasteiger partial charge in [0.1, 0.15) is 89.1 Å². The fraction of sp³-hybridized carbons (Fsp3) is 0.355. The fourth-order valence-electron chi connectivity index (χ4n) is 10.7. The molecule has 89 heavy (non-hydrogen) atoms. The molecule has 4 aliphatic heterocycles. The Kier molecular flexibility index (Phi) is 17.5. The number of hydrogen-bond donors (Lipinski definition) is 3. The number of aromatic nitrogens is 10. The topological polar surface area (TPSA) is 227 Å². The number of rotatable bonds is 14. The van der Waals surface area contributed by atoms with Gasteiger partial charge in [-0.15, -0.1) is 0 Å². The lowest BCUT2D eigenvalue weighted by Gasteiger charge is -2.36. The molecule has 10 aromatic rings. The SMILES string of the molecule is Cc1cc(Nc2ncnc3cc(F)cc(OC4CCN(C)CC4(F)F)c23)ccc1Oc1ccn2ncnc2c1.Cc1cc(Nc2ncnc3cc(OC4CCOC4)cc(OC4CCN(C)CC4(F)F)c23)ccc1Oc1ccn2ncnc2c1.OC1CCOC1. The number of nitrogens with zero attached hydrogens (tertiary/aromatic N) is 12. The highest BCUT2D eigenvalue weighted by Crippen LogP contribution is 2.42. The summed E-state index contributed by atoms with van der Waals surface area (Å²) < 4.78 is 118. The van der Waals surface area contributed by atoms with Crippen molar-refractivity contribution < 1.29 is 60.2 Å². The molecule has 464 valence electrons. The van der Waals surface area contributed by atoms with E-state index < -0.39 is 36.4 Å². The van der Waals surface area contributed by atoms with E-state index >= 15 is 8.78 Å². The Morgan fingerprint density at radius 2 is 1.06 bits per heavy atom. The molecule has 4 aliphatic rings. The van der Waals surface area contributed by atoms with Crippen LogP contribution in [0.25, 0.3) is 33.1 Å². The Balaban J connectivity index is 0.000000159. The zero-order chi connectivity index (χ0) is 61.8. The maximum atomic E-state index is 15.1. The molecular weight excluding hydrogens is 1160 g/mol. The Hall–Kier alpha value is -9.15. The van der Waals surface area contributed by atoms with Crippen molar-refractivity contribution in [1.29, 1.82) is 0 Å². The van der Waals surface area contributed by atoms with Gasteiger partial charge in [-0.25, -0.2) is 60.9 Å². The first kappa shape index (κ1) is 60.1. The van der Waals surface area contributed by atoms with Crippen molar-refractivity contribution in [2.24, 2.45) is 0 Å². The zero-order valence-electron chi connectivity index (χ0n) is 48.9. The van der Waals surface area contributed by atoms with Crippen molar-refractivity contribution in [2.75, 3.05) is 77.3 Å². The summed E-state index contributed by atoms with van der Waals surface area (Å²) in [5.41, 5.74) is 5.15. The summed E-state index contributed by atoms with van der Waals surface area (Å²) >= 11 is 0. The van der Waals surface area contributed by atoms with Gasteiger partial charge in [0.2, 0.25) is 0 Å². The van der Waals surface area contributed by atoms with Gasteiger partial charge < -0.3 is 58.7 Å². The molecule has 14 rings (SSSR count). The van der Waals surface area contributed by atoms with Crippen LogP contribution in [0.1, 0.15) is 36.8 Å². The largest absolute Gasteiger partial charge is 0.488 e. The second kappa shape index (κ2) is 25.9. The Bertz CT molecular complexity index is 4130. The minimum absolute atomic E-state index is 0.0390. The first-order valence-electron chi connectivity index (χ1n) is 28.8. The molecule has 3 N–H and O–H groups in total. The normalized spacial score (nSPS) is 19.9. The summed E-state index contributed by atoms with van der Waals surface area (Å²) in [6, 6.07) is 24.0. The number of aliphatic hydroxyl groups excluding tert-OH is 1. The molecule has 0 amide bonds. The van der Waals surface area contributed by atoms with Crippen LogP contribution in [0.2, 0.25) is 0 Å². The van der Waals surface area contributed by atoms with Crippen molar-refractivity contribution in [3.8, 4) is 40.2 Å². The summed E-state index contributed by atoms with van der Waals surface area (Å²) in [5, 5.41) is 24.1. The van der Waals surface area contributed by atoms with E-state index in [-0.39, 0.29) is 48.6 Å². The number of halogens is 5. The quantitative estimate of drug-likeness (QED) is 0.0860. The van der Waals surface area contributed by atoms with E-state index in [1.54, 1.807) is 87.8 Å². The van der Waals surface area contributed by atoms with E-state index in [1.165, 1.54) is 31.4 Å². The van der Waals surface area contributed by atoms with Crippen molar-refractivity contribution in [3.05, 3.63) is 140 Å². The minimum Gasteiger partial charge on any atom is -0.488 e. The third-order valence-corrected chi connectivity index (χ3v) is 15.3. The monoisotopic (exact) mass is 1230 g/mol. The van der Waals surface area contributed by atoms with Crippen LogP contribution in [0.4, 0.5) is 45.0 Å². The van der Waals surface area contributed by atoms with E-state index in [9.17, 15) is 13.2 Å².